The van der Waals surface area contributed by atoms with Gasteiger partial charge in [-0.3, -0.25) is 9.59 Å². The number of rotatable bonds is 3. The third kappa shape index (κ3) is 2.02. The van der Waals surface area contributed by atoms with E-state index in [1.807, 2.05) is 25.7 Å². The monoisotopic (exact) mass is 252 g/mol. The van der Waals surface area contributed by atoms with Crippen molar-refractivity contribution in [2.75, 3.05) is 0 Å². The molecule has 1 aliphatic heterocycles. The lowest BCUT2D eigenvalue weighted by Crippen LogP contribution is -2.69. The molecule has 2 fully saturated rings. The number of nitrogens with one attached hydrogen (secondary N) is 1. The van der Waals surface area contributed by atoms with Gasteiger partial charge in [-0.1, -0.05) is 13.8 Å². The van der Waals surface area contributed by atoms with Gasteiger partial charge >= 0.3 is 0 Å². The van der Waals surface area contributed by atoms with Crippen molar-refractivity contribution in [3.05, 3.63) is 0 Å². The van der Waals surface area contributed by atoms with Gasteiger partial charge in [-0.25, -0.2) is 0 Å². The van der Waals surface area contributed by atoms with Crippen molar-refractivity contribution >= 4 is 11.8 Å². The molecule has 102 valence electrons. The normalized spacial score (nSPS) is 29.8. The second-order valence-corrected chi connectivity index (χ2v) is 6.54. The summed E-state index contributed by atoms with van der Waals surface area (Å²) in [5, 5.41) is 2.85. The van der Waals surface area contributed by atoms with Crippen LogP contribution in [0, 0.1) is 11.8 Å². The predicted octanol–water partition coefficient (Wildman–Crippen LogP) is 1.55. The van der Waals surface area contributed by atoms with Crippen LogP contribution < -0.4 is 5.32 Å². The molecule has 1 saturated carbocycles. The summed E-state index contributed by atoms with van der Waals surface area (Å²) in [6.45, 7) is 9.96. The number of amides is 2. The van der Waals surface area contributed by atoms with E-state index in [2.05, 4.69) is 19.2 Å². The lowest BCUT2D eigenvalue weighted by Gasteiger charge is -2.48. The largest absolute Gasteiger partial charge is 0.342 e. The van der Waals surface area contributed by atoms with E-state index in [9.17, 15) is 9.59 Å². The zero-order valence-electron chi connectivity index (χ0n) is 12.0. The maximum absolute atomic E-state index is 12.6. The van der Waals surface area contributed by atoms with Crippen molar-refractivity contribution in [1.29, 1.82) is 0 Å². The summed E-state index contributed by atoms with van der Waals surface area (Å²) >= 11 is 0. The van der Waals surface area contributed by atoms with Crippen LogP contribution in [-0.2, 0) is 9.59 Å². The van der Waals surface area contributed by atoms with Crippen LogP contribution in [-0.4, -0.2) is 34.3 Å². The second kappa shape index (κ2) is 4.25. The highest BCUT2D eigenvalue weighted by molar-refractivity contribution is 5.97. The molecule has 1 aliphatic carbocycles. The summed E-state index contributed by atoms with van der Waals surface area (Å²) in [4.78, 5) is 26.5. The molecule has 4 nitrogen and oxygen atoms in total. The number of nitrogens with zero attached hydrogens (tertiary/aromatic N) is 1. The fourth-order valence-corrected chi connectivity index (χ4v) is 3.01. The topological polar surface area (TPSA) is 49.4 Å². The van der Waals surface area contributed by atoms with Crippen LogP contribution in [0.3, 0.4) is 0 Å². The molecule has 2 atom stereocenters. The molecule has 0 aromatic carbocycles. The van der Waals surface area contributed by atoms with E-state index in [-0.39, 0.29) is 35.4 Å². The fourth-order valence-electron chi connectivity index (χ4n) is 3.01. The minimum atomic E-state index is -0.369. The van der Waals surface area contributed by atoms with Gasteiger partial charge in [0.15, 0.2) is 0 Å². The molecule has 4 heteroatoms. The van der Waals surface area contributed by atoms with Crippen molar-refractivity contribution in [2.24, 2.45) is 11.8 Å². The van der Waals surface area contributed by atoms with Crippen LogP contribution >= 0.6 is 0 Å². The summed E-state index contributed by atoms with van der Waals surface area (Å²) < 4.78 is 0. The Balaban J connectivity index is 2.30. The Kier molecular flexibility index (Phi) is 3.16. The number of hydrogen-bond donors (Lipinski definition) is 1. The van der Waals surface area contributed by atoms with Crippen LogP contribution in [0.5, 0.6) is 0 Å². The van der Waals surface area contributed by atoms with E-state index in [0.717, 1.165) is 12.8 Å². The highest BCUT2D eigenvalue weighted by atomic mass is 16.2. The van der Waals surface area contributed by atoms with Crippen LogP contribution in [0.1, 0.15) is 47.5 Å². The van der Waals surface area contributed by atoms with Gasteiger partial charge < -0.3 is 10.2 Å². The van der Waals surface area contributed by atoms with Crippen LogP contribution in [0.2, 0.25) is 0 Å². The SMILES string of the molecule is CC(C)C1NC(=O)C(C)N(C(C)(C)C2CC2)C1=O. The van der Waals surface area contributed by atoms with E-state index in [4.69, 9.17) is 0 Å². The second-order valence-electron chi connectivity index (χ2n) is 6.54. The highest BCUT2D eigenvalue weighted by Crippen LogP contribution is 2.44. The van der Waals surface area contributed by atoms with Gasteiger partial charge in [0, 0.05) is 5.54 Å². The van der Waals surface area contributed by atoms with Crippen molar-refractivity contribution in [1.82, 2.24) is 10.2 Å². The molecule has 2 aliphatic rings. The van der Waals surface area contributed by atoms with Crippen LogP contribution in [0.25, 0.3) is 0 Å². The Labute approximate surface area is 109 Å². The Hall–Kier alpha value is -1.06. The quantitative estimate of drug-likeness (QED) is 0.828. The summed E-state index contributed by atoms with van der Waals surface area (Å²) in [5.41, 5.74) is -0.207. The summed E-state index contributed by atoms with van der Waals surface area (Å²) in [7, 11) is 0. The third-order valence-corrected chi connectivity index (χ3v) is 4.43. The molecule has 0 aromatic rings. The number of piperazine rings is 1. The lowest BCUT2D eigenvalue weighted by molar-refractivity contribution is -0.157. The van der Waals surface area contributed by atoms with E-state index in [1.165, 1.54) is 0 Å². The standard InChI is InChI=1S/C14H24N2O2/c1-8(2)11-13(18)16(9(3)12(17)15-11)14(4,5)10-6-7-10/h8-11H,6-7H2,1-5H3,(H,15,17). The van der Waals surface area contributed by atoms with Crippen LogP contribution in [0.15, 0.2) is 0 Å². The molecule has 0 aromatic heterocycles. The highest BCUT2D eigenvalue weighted by Gasteiger charge is 2.51. The van der Waals surface area contributed by atoms with Gasteiger partial charge in [0.25, 0.3) is 0 Å². The van der Waals surface area contributed by atoms with Gasteiger partial charge in [0.1, 0.15) is 12.1 Å². The van der Waals surface area contributed by atoms with Crippen molar-refractivity contribution in [3.63, 3.8) is 0 Å². The number of hydrogen-bond acceptors (Lipinski definition) is 2. The average Bonchev–Trinajstić information content (AvgIpc) is 3.06. The number of carbonyl (C=O) groups excluding carboxylic acids is 2. The molecule has 2 unspecified atom stereocenters. The van der Waals surface area contributed by atoms with Gasteiger partial charge in [-0.05, 0) is 45.4 Å². The molecule has 0 radical (unpaired) electrons. The van der Waals surface area contributed by atoms with E-state index in [1.54, 1.807) is 0 Å². The van der Waals surface area contributed by atoms with Crippen LogP contribution in [0.4, 0.5) is 0 Å². The van der Waals surface area contributed by atoms with Gasteiger partial charge in [-0.2, -0.15) is 0 Å². The van der Waals surface area contributed by atoms with E-state index < -0.39 is 0 Å². The first-order valence-corrected chi connectivity index (χ1v) is 6.90. The zero-order valence-corrected chi connectivity index (χ0v) is 12.0. The molecular formula is C14H24N2O2. The average molecular weight is 252 g/mol. The minimum Gasteiger partial charge on any atom is -0.342 e. The summed E-state index contributed by atoms with van der Waals surface area (Å²) in [5.74, 6) is 0.727. The maximum atomic E-state index is 12.6. The van der Waals surface area contributed by atoms with Gasteiger partial charge in [-0.15, -0.1) is 0 Å². The Morgan fingerprint density at radius 3 is 2.28 bits per heavy atom. The molecule has 0 spiro atoms. The van der Waals surface area contributed by atoms with Crippen molar-refractivity contribution in [2.45, 2.75) is 65.1 Å². The Morgan fingerprint density at radius 2 is 1.83 bits per heavy atom. The van der Waals surface area contributed by atoms with Gasteiger partial charge in [0.2, 0.25) is 11.8 Å². The van der Waals surface area contributed by atoms with Crippen molar-refractivity contribution < 1.29 is 9.59 Å². The Morgan fingerprint density at radius 1 is 1.28 bits per heavy atom. The zero-order chi connectivity index (χ0) is 13.7. The van der Waals surface area contributed by atoms with Gasteiger partial charge in [0.05, 0.1) is 0 Å². The lowest BCUT2D eigenvalue weighted by atomic mass is 9.89. The molecular weight excluding hydrogens is 228 g/mol. The molecule has 0 bridgehead atoms. The van der Waals surface area contributed by atoms with Crippen molar-refractivity contribution in [3.8, 4) is 0 Å². The molecule has 1 N–H and O–H groups in total. The third-order valence-electron chi connectivity index (χ3n) is 4.43. The first-order chi connectivity index (χ1) is 8.26. The number of carbonyl (C=O) groups is 2. The molecule has 1 heterocycles. The summed E-state index contributed by atoms with van der Waals surface area (Å²) in [6, 6.07) is -0.727. The maximum Gasteiger partial charge on any atom is 0.246 e. The molecule has 2 amide bonds. The fraction of sp³-hybridized carbons (Fsp3) is 0.857. The first-order valence-electron chi connectivity index (χ1n) is 6.90. The first kappa shape index (κ1) is 13.4. The van der Waals surface area contributed by atoms with E-state index >= 15 is 0 Å². The Bertz CT molecular complexity index is 372. The minimum absolute atomic E-state index is 0.0259. The smallest absolute Gasteiger partial charge is 0.246 e. The molecule has 1 saturated heterocycles. The predicted molar refractivity (Wildman–Crippen MR) is 69.9 cm³/mol. The van der Waals surface area contributed by atoms with E-state index in [0.29, 0.717) is 5.92 Å². The summed E-state index contributed by atoms with van der Waals surface area (Å²) in [6.07, 6.45) is 2.33. The molecule has 18 heavy (non-hydrogen) atoms. The molecule has 2 rings (SSSR count).